The van der Waals surface area contributed by atoms with Crippen molar-refractivity contribution in [2.24, 2.45) is 0 Å². The zero-order valence-corrected chi connectivity index (χ0v) is 20.1. The molecule has 8 nitrogen and oxygen atoms in total. The van der Waals surface area contributed by atoms with Crippen molar-refractivity contribution in [3.05, 3.63) is 83.8 Å². The molecule has 188 valence electrons. The zero-order valence-electron chi connectivity index (χ0n) is 20.1. The molecule has 5 rings (SSSR count). The van der Waals surface area contributed by atoms with Gasteiger partial charge in [-0.25, -0.2) is 0 Å². The summed E-state index contributed by atoms with van der Waals surface area (Å²) in [6, 6.07) is 18.9. The Morgan fingerprint density at radius 2 is 1.72 bits per heavy atom. The van der Waals surface area contributed by atoms with Crippen molar-refractivity contribution in [2.45, 2.75) is 38.5 Å². The average molecular weight is 491 g/mol. The van der Waals surface area contributed by atoms with Crippen LogP contribution in [0.4, 0.5) is 0 Å². The van der Waals surface area contributed by atoms with E-state index in [1.165, 1.54) is 0 Å². The molecule has 2 aromatic carbocycles. The van der Waals surface area contributed by atoms with Gasteiger partial charge in [0.2, 0.25) is 18.6 Å². The highest BCUT2D eigenvalue weighted by Crippen LogP contribution is 2.33. The van der Waals surface area contributed by atoms with E-state index in [9.17, 15) is 9.59 Å². The van der Waals surface area contributed by atoms with Gasteiger partial charge in [0.25, 0.3) is 0 Å². The van der Waals surface area contributed by atoms with E-state index in [1.807, 2.05) is 54.6 Å². The molecular formula is C28H30N2O6. The van der Waals surface area contributed by atoms with E-state index in [4.69, 9.17) is 18.6 Å². The van der Waals surface area contributed by atoms with Gasteiger partial charge in [-0.3, -0.25) is 9.59 Å². The van der Waals surface area contributed by atoms with E-state index in [0.717, 1.165) is 24.0 Å². The van der Waals surface area contributed by atoms with Gasteiger partial charge in [0.15, 0.2) is 11.5 Å². The summed E-state index contributed by atoms with van der Waals surface area (Å²) in [5, 5.41) is 0. The average Bonchev–Trinajstić information content (AvgIpc) is 3.67. The lowest BCUT2D eigenvalue weighted by Crippen LogP contribution is -2.45. The second-order valence-corrected chi connectivity index (χ2v) is 9.09. The minimum atomic E-state index is -0.163. The molecular weight excluding hydrogens is 460 g/mol. The van der Waals surface area contributed by atoms with Gasteiger partial charge in [-0.05, 0) is 48.2 Å². The highest BCUT2D eigenvalue weighted by Gasteiger charge is 2.27. The number of hydrogen-bond acceptors (Lipinski definition) is 6. The monoisotopic (exact) mass is 490 g/mol. The van der Waals surface area contributed by atoms with Crippen molar-refractivity contribution in [3.8, 4) is 11.5 Å². The van der Waals surface area contributed by atoms with Gasteiger partial charge in [0.05, 0.1) is 31.9 Å². The summed E-state index contributed by atoms with van der Waals surface area (Å²) < 4.78 is 22.2. The van der Waals surface area contributed by atoms with Gasteiger partial charge in [0.1, 0.15) is 5.76 Å². The third kappa shape index (κ3) is 6.07. The van der Waals surface area contributed by atoms with Crippen LogP contribution in [0.2, 0.25) is 0 Å². The standard InChI is InChI=1S/C28H30N2O6/c31-27(15-21-6-2-1-3-7-21)30(18-24-9-5-13-34-24)19-28(32)29(17-23-8-4-12-33-23)16-22-10-11-25-26(14-22)36-20-35-25/h1-4,6-8,10-12,14,24H,5,9,13,15-20H2. The first-order valence-corrected chi connectivity index (χ1v) is 12.3. The Hall–Kier alpha value is -3.78. The molecule has 1 saturated heterocycles. The van der Waals surface area contributed by atoms with Gasteiger partial charge >= 0.3 is 0 Å². The zero-order chi connectivity index (χ0) is 24.7. The van der Waals surface area contributed by atoms with Gasteiger partial charge in [-0.2, -0.15) is 0 Å². The molecule has 0 aliphatic carbocycles. The third-order valence-corrected chi connectivity index (χ3v) is 6.41. The van der Waals surface area contributed by atoms with Crippen LogP contribution in [-0.4, -0.2) is 54.2 Å². The molecule has 1 aromatic heterocycles. The quantitative estimate of drug-likeness (QED) is 0.430. The van der Waals surface area contributed by atoms with Crippen LogP contribution in [0.3, 0.4) is 0 Å². The fraction of sp³-hybridized carbons (Fsp3) is 0.357. The lowest BCUT2D eigenvalue weighted by atomic mass is 10.1. The lowest BCUT2D eigenvalue weighted by molar-refractivity contribution is -0.142. The first-order valence-electron chi connectivity index (χ1n) is 12.3. The molecule has 2 aliphatic heterocycles. The summed E-state index contributed by atoms with van der Waals surface area (Å²) >= 11 is 0. The highest BCUT2D eigenvalue weighted by molar-refractivity contribution is 5.86. The number of fused-ring (bicyclic) bond motifs is 1. The Bertz CT molecular complexity index is 1160. The number of rotatable bonds is 10. The van der Waals surface area contributed by atoms with Crippen LogP contribution < -0.4 is 9.47 Å². The van der Waals surface area contributed by atoms with Crippen molar-refractivity contribution in [3.63, 3.8) is 0 Å². The summed E-state index contributed by atoms with van der Waals surface area (Å²) in [6.45, 7) is 1.88. The maximum absolute atomic E-state index is 13.6. The second kappa shape index (κ2) is 11.3. The molecule has 36 heavy (non-hydrogen) atoms. The number of carbonyl (C=O) groups is 2. The number of amides is 2. The first kappa shape index (κ1) is 23.9. The fourth-order valence-electron chi connectivity index (χ4n) is 4.52. The smallest absolute Gasteiger partial charge is 0.242 e. The second-order valence-electron chi connectivity index (χ2n) is 9.09. The molecule has 0 bridgehead atoms. The van der Waals surface area contributed by atoms with Crippen molar-refractivity contribution in [2.75, 3.05) is 26.5 Å². The van der Waals surface area contributed by atoms with Crippen molar-refractivity contribution in [1.29, 1.82) is 0 Å². The van der Waals surface area contributed by atoms with Gasteiger partial charge in [-0.1, -0.05) is 36.4 Å². The molecule has 2 aliphatic rings. The summed E-state index contributed by atoms with van der Waals surface area (Å²) in [5.41, 5.74) is 1.82. The topological polar surface area (TPSA) is 81.5 Å². The Labute approximate surface area is 210 Å². The van der Waals surface area contributed by atoms with E-state index in [0.29, 0.717) is 43.5 Å². The van der Waals surface area contributed by atoms with E-state index >= 15 is 0 Å². The van der Waals surface area contributed by atoms with Crippen LogP contribution in [0.25, 0.3) is 0 Å². The number of carbonyl (C=O) groups excluding carboxylic acids is 2. The molecule has 0 saturated carbocycles. The Kier molecular flexibility index (Phi) is 7.52. The fourth-order valence-corrected chi connectivity index (χ4v) is 4.52. The molecule has 2 amide bonds. The summed E-state index contributed by atoms with van der Waals surface area (Å²) in [4.78, 5) is 30.3. The SMILES string of the molecule is O=C(CN(CC1CCCO1)C(=O)Cc1ccccc1)N(Cc1ccc2c(c1)OCO2)Cc1ccco1. The summed E-state index contributed by atoms with van der Waals surface area (Å²) in [5.74, 6) is 1.77. The lowest BCUT2D eigenvalue weighted by Gasteiger charge is -2.29. The largest absolute Gasteiger partial charge is 0.467 e. The van der Waals surface area contributed by atoms with Crippen LogP contribution in [0.5, 0.6) is 11.5 Å². The molecule has 3 aromatic rings. The van der Waals surface area contributed by atoms with Crippen LogP contribution in [0, 0.1) is 0 Å². The predicted octanol–water partition coefficient (Wildman–Crippen LogP) is 3.79. The normalized spacial score (nSPS) is 16.2. The van der Waals surface area contributed by atoms with Crippen LogP contribution >= 0.6 is 0 Å². The third-order valence-electron chi connectivity index (χ3n) is 6.41. The molecule has 8 heteroatoms. The van der Waals surface area contributed by atoms with Gasteiger partial charge < -0.3 is 28.4 Å². The van der Waals surface area contributed by atoms with Crippen LogP contribution in [-0.2, 0) is 33.8 Å². The summed E-state index contributed by atoms with van der Waals surface area (Å²) in [7, 11) is 0. The van der Waals surface area contributed by atoms with E-state index in [1.54, 1.807) is 22.1 Å². The van der Waals surface area contributed by atoms with Crippen molar-refractivity contribution < 1.29 is 28.2 Å². The number of benzene rings is 2. The number of furan rings is 1. The number of hydrogen-bond donors (Lipinski definition) is 0. The predicted molar refractivity (Wildman–Crippen MR) is 131 cm³/mol. The highest BCUT2D eigenvalue weighted by atomic mass is 16.7. The summed E-state index contributed by atoms with van der Waals surface area (Å²) in [6.07, 6.45) is 3.63. The molecule has 1 fully saturated rings. The number of ether oxygens (including phenoxy) is 3. The maximum Gasteiger partial charge on any atom is 0.242 e. The van der Waals surface area contributed by atoms with Gasteiger partial charge in [0, 0.05) is 19.7 Å². The molecule has 3 heterocycles. The molecule has 0 radical (unpaired) electrons. The molecule has 1 unspecified atom stereocenters. The van der Waals surface area contributed by atoms with Gasteiger partial charge in [-0.15, -0.1) is 0 Å². The van der Waals surface area contributed by atoms with E-state index < -0.39 is 0 Å². The minimum absolute atomic E-state index is 0.0310. The minimum Gasteiger partial charge on any atom is -0.467 e. The van der Waals surface area contributed by atoms with Crippen LogP contribution in [0.1, 0.15) is 29.7 Å². The van der Waals surface area contributed by atoms with Crippen molar-refractivity contribution in [1.82, 2.24) is 9.80 Å². The molecule has 0 spiro atoms. The Morgan fingerprint density at radius 1 is 0.861 bits per heavy atom. The van der Waals surface area contributed by atoms with E-state index in [2.05, 4.69) is 0 Å². The van der Waals surface area contributed by atoms with E-state index in [-0.39, 0.29) is 37.7 Å². The Balaban J connectivity index is 1.33. The first-order chi connectivity index (χ1) is 17.6. The molecule has 0 N–H and O–H groups in total. The van der Waals surface area contributed by atoms with Crippen molar-refractivity contribution >= 4 is 11.8 Å². The number of nitrogens with zero attached hydrogens (tertiary/aromatic N) is 2. The van der Waals surface area contributed by atoms with Crippen LogP contribution in [0.15, 0.2) is 71.3 Å². The molecule has 1 atom stereocenters. The Morgan fingerprint density at radius 3 is 2.50 bits per heavy atom. The maximum atomic E-state index is 13.6.